The third-order valence-corrected chi connectivity index (χ3v) is 4.56. The van der Waals surface area contributed by atoms with E-state index in [0.717, 1.165) is 12.1 Å². The third-order valence-electron chi connectivity index (χ3n) is 4.56. The van der Waals surface area contributed by atoms with E-state index in [1.807, 2.05) is 11.8 Å². The summed E-state index contributed by atoms with van der Waals surface area (Å²) in [6, 6.07) is 9.27. The summed E-state index contributed by atoms with van der Waals surface area (Å²) < 4.78 is 37.9. The van der Waals surface area contributed by atoms with Crippen LogP contribution in [0.4, 0.5) is 29.5 Å². The predicted molar refractivity (Wildman–Crippen MR) is 97.8 cm³/mol. The lowest BCUT2D eigenvalue weighted by atomic mass is 10.1. The maximum atomic E-state index is 12.6. The maximum absolute atomic E-state index is 12.6. The van der Waals surface area contributed by atoms with Gasteiger partial charge in [-0.2, -0.15) is 18.4 Å². The summed E-state index contributed by atoms with van der Waals surface area (Å²) in [6.45, 7) is 3.26. The molecule has 2 amide bonds. The van der Waals surface area contributed by atoms with Crippen molar-refractivity contribution in [3.63, 3.8) is 0 Å². The van der Waals surface area contributed by atoms with E-state index < -0.39 is 11.7 Å². The monoisotopic (exact) mass is 389 g/mol. The highest BCUT2D eigenvalue weighted by atomic mass is 19.4. The Hall–Kier alpha value is -3.28. The quantitative estimate of drug-likeness (QED) is 0.850. The number of alkyl halides is 3. The molecule has 1 aliphatic rings. The zero-order chi connectivity index (χ0) is 20.3. The molecule has 1 aromatic heterocycles. The maximum Gasteiger partial charge on any atom is 0.416 e. The van der Waals surface area contributed by atoms with E-state index in [1.54, 1.807) is 23.2 Å². The largest absolute Gasteiger partial charge is 0.416 e. The number of pyridine rings is 1. The van der Waals surface area contributed by atoms with Gasteiger partial charge in [0.1, 0.15) is 11.9 Å². The molecule has 1 aromatic carbocycles. The summed E-state index contributed by atoms with van der Waals surface area (Å²) in [5.41, 5.74) is -0.00221. The number of nitrogens with zero attached hydrogens (tertiary/aromatic N) is 4. The van der Waals surface area contributed by atoms with Crippen molar-refractivity contribution < 1.29 is 18.0 Å². The number of urea groups is 1. The number of halogens is 3. The predicted octanol–water partition coefficient (Wildman–Crippen LogP) is 3.71. The van der Waals surface area contributed by atoms with Crippen molar-refractivity contribution in [1.82, 2.24) is 9.88 Å². The Balaban J connectivity index is 1.64. The smallest absolute Gasteiger partial charge is 0.352 e. The number of amides is 2. The molecule has 0 radical (unpaired) electrons. The Kier molecular flexibility index (Phi) is 5.40. The lowest BCUT2D eigenvalue weighted by Gasteiger charge is -2.40. The van der Waals surface area contributed by atoms with Crippen LogP contribution in [-0.2, 0) is 6.18 Å². The van der Waals surface area contributed by atoms with E-state index in [0.29, 0.717) is 36.7 Å². The molecule has 0 bridgehead atoms. The van der Waals surface area contributed by atoms with E-state index in [4.69, 9.17) is 0 Å². The topological polar surface area (TPSA) is 72.3 Å². The fourth-order valence-electron chi connectivity index (χ4n) is 3.13. The second kappa shape index (κ2) is 7.76. The van der Waals surface area contributed by atoms with Crippen molar-refractivity contribution in [1.29, 1.82) is 5.26 Å². The summed E-state index contributed by atoms with van der Waals surface area (Å²) in [5, 5.41) is 11.9. The Morgan fingerprint density at radius 1 is 1.25 bits per heavy atom. The Labute approximate surface area is 160 Å². The molecule has 0 spiro atoms. The first-order chi connectivity index (χ1) is 13.3. The van der Waals surface area contributed by atoms with Gasteiger partial charge in [-0.05, 0) is 43.3 Å². The summed E-state index contributed by atoms with van der Waals surface area (Å²) >= 11 is 0. The van der Waals surface area contributed by atoms with Crippen LogP contribution in [0.25, 0.3) is 0 Å². The summed E-state index contributed by atoms with van der Waals surface area (Å²) in [6.07, 6.45) is -2.80. The lowest BCUT2D eigenvalue weighted by molar-refractivity contribution is -0.137. The standard InChI is InChI=1S/C19H18F3N5O/c1-13-12-26(17-14(11-23)3-2-8-24-17)9-10-27(13)18(28)25-16-6-4-15(5-7-16)19(20,21)22/h2-8,13H,9-10,12H2,1H3,(H,25,28)/t13-/m1/s1. The molecule has 1 fully saturated rings. The number of rotatable bonds is 2. The first-order valence-electron chi connectivity index (χ1n) is 8.64. The Morgan fingerprint density at radius 2 is 1.96 bits per heavy atom. The van der Waals surface area contributed by atoms with Crippen LogP contribution in [0.1, 0.15) is 18.1 Å². The molecule has 6 nitrogen and oxygen atoms in total. The zero-order valence-corrected chi connectivity index (χ0v) is 15.1. The molecule has 0 aliphatic carbocycles. The van der Waals surface area contributed by atoms with E-state index in [9.17, 15) is 23.2 Å². The van der Waals surface area contributed by atoms with Crippen molar-refractivity contribution in [3.8, 4) is 6.07 Å². The van der Waals surface area contributed by atoms with Gasteiger partial charge in [0.2, 0.25) is 0 Å². The van der Waals surface area contributed by atoms with Gasteiger partial charge < -0.3 is 15.1 Å². The molecule has 9 heteroatoms. The number of carbonyl (C=O) groups is 1. The number of carbonyl (C=O) groups excluding carboxylic acids is 1. The van der Waals surface area contributed by atoms with Crippen LogP contribution < -0.4 is 10.2 Å². The molecular formula is C19H18F3N5O. The number of aromatic nitrogens is 1. The fourth-order valence-corrected chi connectivity index (χ4v) is 3.13. The molecule has 2 heterocycles. The normalized spacial score (nSPS) is 17.2. The average molecular weight is 389 g/mol. The molecule has 1 atom stereocenters. The molecule has 2 aromatic rings. The van der Waals surface area contributed by atoms with Crippen molar-refractivity contribution in [3.05, 3.63) is 53.7 Å². The van der Waals surface area contributed by atoms with E-state index >= 15 is 0 Å². The van der Waals surface area contributed by atoms with Crippen LogP contribution in [-0.4, -0.2) is 41.6 Å². The van der Waals surface area contributed by atoms with E-state index in [2.05, 4.69) is 16.4 Å². The number of hydrogen-bond donors (Lipinski definition) is 1. The van der Waals surface area contributed by atoms with Gasteiger partial charge in [-0.3, -0.25) is 0 Å². The van der Waals surface area contributed by atoms with Crippen molar-refractivity contribution in [2.75, 3.05) is 29.9 Å². The molecule has 3 rings (SSSR count). The summed E-state index contributed by atoms with van der Waals surface area (Å²) in [7, 11) is 0. The van der Waals surface area contributed by atoms with Crippen molar-refractivity contribution in [2.45, 2.75) is 19.1 Å². The molecule has 1 saturated heterocycles. The minimum Gasteiger partial charge on any atom is -0.352 e. The number of piperazine rings is 1. The average Bonchev–Trinajstić information content (AvgIpc) is 2.67. The highest BCUT2D eigenvalue weighted by molar-refractivity contribution is 5.89. The van der Waals surface area contributed by atoms with Crippen LogP contribution in [0.3, 0.4) is 0 Å². The first kappa shape index (κ1) is 19.5. The number of benzene rings is 1. The highest BCUT2D eigenvalue weighted by Gasteiger charge is 2.31. The summed E-state index contributed by atoms with van der Waals surface area (Å²) in [5.74, 6) is 0.583. The van der Waals surface area contributed by atoms with Crippen molar-refractivity contribution in [2.24, 2.45) is 0 Å². The van der Waals surface area contributed by atoms with Gasteiger partial charge in [0, 0.05) is 37.6 Å². The second-order valence-electron chi connectivity index (χ2n) is 6.48. The molecular weight excluding hydrogens is 371 g/mol. The molecule has 146 valence electrons. The number of hydrogen-bond acceptors (Lipinski definition) is 4. The van der Waals surface area contributed by atoms with Crippen LogP contribution in [0.2, 0.25) is 0 Å². The molecule has 0 saturated carbocycles. The second-order valence-corrected chi connectivity index (χ2v) is 6.48. The third kappa shape index (κ3) is 4.17. The Morgan fingerprint density at radius 3 is 2.57 bits per heavy atom. The zero-order valence-electron chi connectivity index (χ0n) is 15.1. The van der Waals surface area contributed by atoms with E-state index in [-0.39, 0.29) is 12.1 Å². The van der Waals surface area contributed by atoms with Gasteiger partial charge in [-0.25, -0.2) is 9.78 Å². The molecule has 28 heavy (non-hydrogen) atoms. The van der Waals surface area contributed by atoms with Gasteiger partial charge >= 0.3 is 12.2 Å². The van der Waals surface area contributed by atoms with Gasteiger partial charge in [0.15, 0.2) is 0 Å². The number of anilines is 2. The van der Waals surface area contributed by atoms with Crippen LogP contribution in [0.15, 0.2) is 42.6 Å². The highest BCUT2D eigenvalue weighted by Crippen LogP contribution is 2.30. The first-order valence-corrected chi connectivity index (χ1v) is 8.64. The van der Waals surface area contributed by atoms with Gasteiger partial charge in [0.05, 0.1) is 11.1 Å². The molecule has 1 N–H and O–H groups in total. The van der Waals surface area contributed by atoms with Gasteiger partial charge in [0.25, 0.3) is 0 Å². The van der Waals surface area contributed by atoms with Crippen LogP contribution in [0, 0.1) is 11.3 Å². The Bertz CT molecular complexity index is 892. The van der Waals surface area contributed by atoms with Gasteiger partial charge in [-0.15, -0.1) is 0 Å². The lowest BCUT2D eigenvalue weighted by Crippen LogP contribution is -2.55. The van der Waals surface area contributed by atoms with Crippen LogP contribution >= 0.6 is 0 Å². The van der Waals surface area contributed by atoms with Crippen molar-refractivity contribution >= 4 is 17.5 Å². The minimum atomic E-state index is -4.42. The molecule has 0 unspecified atom stereocenters. The van der Waals surface area contributed by atoms with E-state index in [1.165, 1.54) is 12.1 Å². The number of nitrogens with one attached hydrogen (secondary N) is 1. The minimum absolute atomic E-state index is 0.170. The van der Waals surface area contributed by atoms with Crippen LogP contribution in [0.5, 0.6) is 0 Å². The number of nitriles is 1. The van der Waals surface area contributed by atoms with Gasteiger partial charge in [-0.1, -0.05) is 0 Å². The molecule has 1 aliphatic heterocycles. The fraction of sp³-hybridized carbons (Fsp3) is 0.316. The SMILES string of the molecule is C[C@@H]1CN(c2ncccc2C#N)CCN1C(=O)Nc1ccc(C(F)(F)F)cc1. The summed E-state index contributed by atoms with van der Waals surface area (Å²) in [4.78, 5) is 20.4.